The molecule has 6 heteroatoms. The molecule has 1 aromatic carbocycles. The summed E-state index contributed by atoms with van der Waals surface area (Å²) in [6.45, 7) is 1.50. The number of halogens is 2. The first-order valence-electron chi connectivity index (χ1n) is 5.01. The molecule has 0 saturated carbocycles. The Morgan fingerprint density at radius 3 is 2.89 bits per heavy atom. The Morgan fingerprint density at radius 1 is 1.50 bits per heavy atom. The van der Waals surface area contributed by atoms with Gasteiger partial charge in [-0.15, -0.1) is 11.3 Å². The second kappa shape index (κ2) is 5.15. The molecule has 0 unspecified atom stereocenters. The van der Waals surface area contributed by atoms with E-state index >= 15 is 0 Å². The Kier molecular flexibility index (Phi) is 3.76. The number of nitrogens with zero attached hydrogens (tertiary/aromatic N) is 1. The van der Waals surface area contributed by atoms with Crippen molar-refractivity contribution in [3.05, 3.63) is 33.1 Å². The van der Waals surface area contributed by atoms with Gasteiger partial charge in [0, 0.05) is 15.1 Å². The number of nitriles is 1. The van der Waals surface area contributed by atoms with Gasteiger partial charge in [-0.2, -0.15) is 5.26 Å². The van der Waals surface area contributed by atoms with Crippen LogP contribution >= 0.6 is 34.5 Å². The van der Waals surface area contributed by atoms with Crippen molar-refractivity contribution in [1.29, 1.82) is 5.26 Å². The summed E-state index contributed by atoms with van der Waals surface area (Å²) in [6.07, 6.45) is -0.803. The van der Waals surface area contributed by atoms with Crippen LogP contribution in [0.1, 0.15) is 16.6 Å². The third-order valence-electron chi connectivity index (χ3n) is 2.24. The van der Waals surface area contributed by atoms with E-state index in [1.165, 1.54) is 18.3 Å². The topological polar surface area (TPSA) is 50.1 Å². The number of fused-ring (bicyclic) bond motifs is 1. The molecule has 1 heterocycles. The quantitative estimate of drug-likeness (QED) is 0.778. The molecular formula is C12H7Cl2NO2S. The summed E-state index contributed by atoms with van der Waals surface area (Å²) in [7, 11) is 0. The first-order chi connectivity index (χ1) is 8.52. The molecule has 0 aliphatic heterocycles. The molecule has 3 nitrogen and oxygen atoms in total. The summed E-state index contributed by atoms with van der Waals surface area (Å²) >= 11 is 13.2. The lowest BCUT2D eigenvalue weighted by molar-refractivity contribution is 0.0441. The van der Waals surface area contributed by atoms with Crippen LogP contribution in [0.25, 0.3) is 10.1 Å². The second-order valence-electron chi connectivity index (χ2n) is 3.56. The number of carbonyl (C=O) groups excluding carboxylic acids is 1. The molecular weight excluding hydrogens is 293 g/mol. The molecule has 1 aromatic heterocycles. The second-order valence-corrected chi connectivity index (χ2v) is 5.43. The van der Waals surface area contributed by atoms with Crippen LogP contribution in [0.5, 0.6) is 0 Å². The predicted octanol–water partition coefficient (Wildman–Crippen LogP) is 4.28. The summed E-state index contributed by atoms with van der Waals surface area (Å²) in [4.78, 5) is 12.1. The highest BCUT2D eigenvalue weighted by Gasteiger charge is 2.20. The van der Waals surface area contributed by atoms with Gasteiger partial charge in [-0.3, -0.25) is 0 Å². The molecule has 0 aliphatic carbocycles. The summed E-state index contributed by atoms with van der Waals surface area (Å²) in [5.41, 5.74) is 0. The van der Waals surface area contributed by atoms with Crippen molar-refractivity contribution in [2.24, 2.45) is 0 Å². The molecule has 2 rings (SSSR count). The normalized spacial score (nSPS) is 12.1. The van der Waals surface area contributed by atoms with Crippen LogP contribution in [0.4, 0.5) is 0 Å². The minimum atomic E-state index is -0.803. The fourth-order valence-corrected chi connectivity index (χ4v) is 3.08. The Balaban J connectivity index is 2.43. The van der Waals surface area contributed by atoms with Gasteiger partial charge in [-0.05, 0) is 19.1 Å². The first kappa shape index (κ1) is 13.2. The maximum atomic E-state index is 11.8. The minimum Gasteiger partial charge on any atom is -0.443 e. The fourth-order valence-electron chi connectivity index (χ4n) is 1.41. The van der Waals surface area contributed by atoms with Gasteiger partial charge < -0.3 is 4.74 Å². The van der Waals surface area contributed by atoms with Crippen LogP contribution in [-0.2, 0) is 4.74 Å². The van der Waals surface area contributed by atoms with Gasteiger partial charge >= 0.3 is 5.97 Å². The average Bonchev–Trinajstić information content (AvgIpc) is 2.66. The Morgan fingerprint density at radius 2 is 2.22 bits per heavy atom. The third kappa shape index (κ3) is 2.44. The molecule has 0 spiro atoms. The van der Waals surface area contributed by atoms with Crippen LogP contribution in [0.2, 0.25) is 10.0 Å². The number of rotatable bonds is 2. The van der Waals surface area contributed by atoms with Gasteiger partial charge in [0.1, 0.15) is 10.9 Å². The lowest BCUT2D eigenvalue weighted by Gasteiger charge is -2.03. The van der Waals surface area contributed by atoms with Gasteiger partial charge in [0.05, 0.1) is 5.02 Å². The van der Waals surface area contributed by atoms with Gasteiger partial charge in [0.25, 0.3) is 0 Å². The number of esters is 1. The van der Waals surface area contributed by atoms with Crippen LogP contribution < -0.4 is 0 Å². The highest BCUT2D eigenvalue weighted by molar-refractivity contribution is 7.21. The van der Waals surface area contributed by atoms with E-state index in [4.69, 9.17) is 33.2 Å². The van der Waals surface area contributed by atoms with Crippen LogP contribution in [0.3, 0.4) is 0 Å². The van der Waals surface area contributed by atoms with Crippen molar-refractivity contribution < 1.29 is 9.53 Å². The molecule has 0 N–H and O–H groups in total. The lowest BCUT2D eigenvalue weighted by atomic mass is 10.2. The fraction of sp³-hybridized carbons (Fsp3) is 0.167. The van der Waals surface area contributed by atoms with Crippen LogP contribution in [0.15, 0.2) is 18.2 Å². The van der Waals surface area contributed by atoms with Crippen molar-refractivity contribution in [1.82, 2.24) is 0 Å². The molecule has 2 aromatic rings. The monoisotopic (exact) mass is 299 g/mol. The molecule has 0 amide bonds. The maximum Gasteiger partial charge on any atom is 0.351 e. The van der Waals surface area contributed by atoms with Gasteiger partial charge in [-0.1, -0.05) is 29.3 Å². The lowest BCUT2D eigenvalue weighted by Crippen LogP contribution is -2.12. The molecule has 1 atom stereocenters. The average molecular weight is 300 g/mol. The summed E-state index contributed by atoms with van der Waals surface area (Å²) in [5, 5.41) is 10.3. The van der Waals surface area contributed by atoms with Crippen molar-refractivity contribution in [3.8, 4) is 6.07 Å². The third-order valence-corrected chi connectivity index (χ3v) is 4.11. The minimum absolute atomic E-state index is 0.288. The SMILES string of the molecule is C[C@@H](C#N)OC(=O)c1sc2cc(Cl)ccc2c1Cl. The smallest absolute Gasteiger partial charge is 0.351 e. The highest BCUT2D eigenvalue weighted by atomic mass is 35.5. The standard InChI is InChI=1S/C12H7Cl2NO2S/c1-6(5-15)17-12(16)11-10(14)8-3-2-7(13)4-9(8)18-11/h2-4,6H,1H3/t6-/m0/s1. The zero-order valence-corrected chi connectivity index (χ0v) is 11.6. The van der Waals surface area contributed by atoms with E-state index in [9.17, 15) is 4.79 Å². The molecule has 0 radical (unpaired) electrons. The molecule has 0 fully saturated rings. The Labute approximate surface area is 117 Å². The molecule has 0 bridgehead atoms. The maximum absolute atomic E-state index is 11.8. The van der Waals surface area contributed by atoms with E-state index < -0.39 is 12.1 Å². The van der Waals surface area contributed by atoms with Crippen molar-refractivity contribution in [2.45, 2.75) is 13.0 Å². The Bertz CT molecular complexity index is 660. The van der Waals surface area contributed by atoms with Crippen LogP contribution in [-0.4, -0.2) is 12.1 Å². The molecule has 0 aliphatic rings. The number of ether oxygens (including phenoxy) is 1. The number of thiophene rings is 1. The number of benzene rings is 1. The van der Waals surface area contributed by atoms with Gasteiger partial charge in [0.15, 0.2) is 6.10 Å². The first-order valence-corrected chi connectivity index (χ1v) is 6.58. The van der Waals surface area contributed by atoms with E-state index in [-0.39, 0.29) is 4.88 Å². The van der Waals surface area contributed by atoms with E-state index in [1.807, 2.05) is 6.07 Å². The van der Waals surface area contributed by atoms with Crippen molar-refractivity contribution in [2.75, 3.05) is 0 Å². The summed E-state index contributed by atoms with van der Waals surface area (Å²) in [6, 6.07) is 7.01. The zero-order chi connectivity index (χ0) is 13.3. The number of hydrogen-bond acceptors (Lipinski definition) is 4. The van der Waals surface area contributed by atoms with E-state index in [1.54, 1.807) is 18.2 Å². The summed E-state index contributed by atoms with van der Waals surface area (Å²) in [5.74, 6) is -0.591. The highest BCUT2D eigenvalue weighted by Crippen LogP contribution is 2.37. The van der Waals surface area contributed by atoms with Crippen LogP contribution in [0, 0.1) is 11.3 Å². The van der Waals surface area contributed by atoms with E-state index in [2.05, 4.69) is 0 Å². The largest absolute Gasteiger partial charge is 0.443 e. The summed E-state index contributed by atoms with van der Waals surface area (Å²) < 4.78 is 5.73. The van der Waals surface area contributed by atoms with E-state index in [0.717, 1.165) is 10.1 Å². The predicted molar refractivity (Wildman–Crippen MR) is 72.3 cm³/mol. The molecule has 0 saturated heterocycles. The zero-order valence-electron chi connectivity index (χ0n) is 9.24. The van der Waals surface area contributed by atoms with E-state index in [0.29, 0.717) is 10.0 Å². The van der Waals surface area contributed by atoms with Crippen molar-refractivity contribution in [3.63, 3.8) is 0 Å². The van der Waals surface area contributed by atoms with Crippen molar-refractivity contribution >= 4 is 50.6 Å². The number of hydrogen-bond donors (Lipinski definition) is 0. The van der Waals surface area contributed by atoms with Gasteiger partial charge in [0.2, 0.25) is 0 Å². The number of carbonyl (C=O) groups is 1. The Hall–Kier alpha value is -1.28. The van der Waals surface area contributed by atoms with Gasteiger partial charge in [-0.25, -0.2) is 4.79 Å². The molecule has 92 valence electrons. The molecule has 18 heavy (non-hydrogen) atoms.